The molecule has 70 heavy (non-hydrogen) atoms. The van der Waals surface area contributed by atoms with Crippen molar-refractivity contribution in [3.05, 3.63) is 25.3 Å². The first-order valence-electron chi connectivity index (χ1n) is 18.6. The first-order valence-corrected chi connectivity index (χ1v) is 18.6. The summed E-state index contributed by atoms with van der Waals surface area (Å²) in [6.45, 7) is 17.3. The van der Waals surface area contributed by atoms with Gasteiger partial charge in [-0.05, 0) is 62.3 Å². The van der Waals surface area contributed by atoms with Crippen LogP contribution in [0.5, 0.6) is 0 Å². The van der Waals surface area contributed by atoms with E-state index in [4.69, 9.17) is 34.9 Å². The molecule has 6 N–H and O–H groups in total. The molecule has 0 spiro atoms. The molecule has 0 aliphatic carbocycles. The lowest BCUT2D eigenvalue weighted by Crippen LogP contribution is -2.40. The quantitative estimate of drug-likeness (QED) is 0.0191. The third-order valence-electron chi connectivity index (χ3n) is 6.83. The van der Waals surface area contributed by atoms with E-state index in [1.165, 1.54) is 55.4 Å². The van der Waals surface area contributed by atoms with Crippen LogP contribution in [-0.4, -0.2) is 168 Å². The van der Waals surface area contributed by atoms with Crippen LogP contribution in [0.4, 0.5) is 0 Å². The van der Waals surface area contributed by atoms with Gasteiger partial charge in [0.05, 0.1) is 13.2 Å². The van der Waals surface area contributed by atoms with Gasteiger partial charge in [0.2, 0.25) is 0 Å². The number of rotatable bonds is 25. The monoisotopic (exact) mass is 1020 g/mol. The van der Waals surface area contributed by atoms with Crippen LogP contribution >= 0.6 is 0 Å². The smallest absolute Gasteiger partial charge is 0.348 e. The van der Waals surface area contributed by atoms with E-state index in [9.17, 15) is 52.7 Å². The van der Waals surface area contributed by atoms with Gasteiger partial charge in [-0.25, -0.2) is 52.9 Å². The molecule has 0 saturated heterocycles. The fourth-order valence-electron chi connectivity index (χ4n) is 3.13. The molecule has 0 aromatic carbocycles. The van der Waals surface area contributed by atoms with E-state index >= 15 is 0 Å². The fraction of sp³-hybridized carbons (Fsp3) is 0.651. The predicted molar refractivity (Wildman–Crippen MR) is 248 cm³/mol. The lowest BCUT2D eigenvalue weighted by atomic mass is 10.3. The van der Waals surface area contributed by atoms with Crippen molar-refractivity contribution >= 4 is 65.5 Å². The number of aliphatic carboxylic acids is 1. The molecule has 27 heteroatoms. The lowest BCUT2D eigenvalue weighted by Gasteiger charge is -2.18. The number of carboxylic acids is 1. The molecule has 0 fully saturated rings. The minimum atomic E-state index is -1.34. The highest BCUT2D eigenvalue weighted by atomic mass is 17.1. The summed E-state index contributed by atoms with van der Waals surface area (Å²) in [5.41, 5.74) is 0. The Morgan fingerprint density at radius 2 is 0.700 bits per heavy atom. The van der Waals surface area contributed by atoms with Gasteiger partial charge in [-0.1, -0.05) is 57.7 Å². The largest absolute Gasteiger partial charge is 0.479 e. The Bertz CT molecular complexity index is 1600. The molecule has 412 valence electrons. The van der Waals surface area contributed by atoms with Crippen molar-refractivity contribution in [3.63, 3.8) is 0 Å². The van der Waals surface area contributed by atoms with Gasteiger partial charge >= 0.3 is 53.7 Å². The molecule has 0 saturated carbocycles. The average Bonchev–Trinajstić information content (AvgIpc) is 3.25. The SMILES string of the molecule is C.C.C.C.C.C.C=CC(=O)OCCNC(=O)C(C)OC(=O)C(C)OC(=O)C(C)OC(=O)C=C.CC(OC(=O)C(C)OC(=O)C(C)OO)C(=O)NCCO.CC(OC(=O)C(C)OC(=O)C(C)OO)C(=O)O. The molecule has 0 rings (SSSR count). The summed E-state index contributed by atoms with van der Waals surface area (Å²) in [7, 11) is 0. The minimum absolute atomic E-state index is 0. The van der Waals surface area contributed by atoms with E-state index in [1.54, 1.807) is 0 Å². The second-order valence-electron chi connectivity index (χ2n) is 12.3. The minimum Gasteiger partial charge on any atom is -0.479 e. The molecule has 0 bridgehead atoms. The molecular weight excluding hydrogens is 944 g/mol. The number of carbonyl (C=O) groups is 11. The molecule has 9 atom stereocenters. The van der Waals surface area contributed by atoms with E-state index in [2.05, 4.69) is 57.3 Å². The zero-order valence-corrected chi connectivity index (χ0v) is 36.5. The van der Waals surface area contributed by atoms with Crippen molar-refractivity contribution in [2.75, 3.05) is 26.3 Å². The van der Waals surface area contributed by atoms with E-state index in [0.29, 0.717) is 0 Å². The number of carboxylic acid groups (broad SMARTS) is 1. The van der Waals surface area contributed by atoms with Crippen LogP contribution in [0.1, 0.15) is 107 Å². The number of amides is 2. The molecule has 0 radical (unpaired) electrons. The Labute approximate surface area is 410 Å². The van der Waals surface area contributed by atoms with Gasteiger partial charge in [-0.2, -0.15) is 0 Å². The third kappa shape index (κ3) is 38.4. The van der Waals surface area contributed by atoms with Crippen LogP contribution in [0, 0.1) is 0 Å². The van der Waals surface area contributed by atoms with Crippen LogP contribution in [0.25, 0.3) is 0 Å². The maximum absolute atomic E-state index is 11.9. The van der Waals surface area contributed by atoms with Gasteiger partial charge in [0.1, 0.15) is 6.61 Å². The summed E-state index contributed by atoms with van der Waals surface area (Å²) in [6.07, 6.45) is -9.36. The number of ether oxygens (including phenoxy) is 8. The summed E-state index contributed by atoms with van der Waals surface area (Å²) >= 11 is 0. The molecule has 0 aliphatic rings. The van der Waals surface area contributed by atoms with Gasteiger partial charge in [-0.3, -0.25) is 20.1 Å². The molecule has 0 heterocycles. The highest BCUT2D eigenvalue weighted by Gasteiger charge is 2.29. The normalized spacial score (nSPS) is 13.1. The Kier molecular flexibility index (Phi) is 55.1. The zero-order valence-electron chi connectivity index (χ0n) is 36.5. The number of hydrogen-bond acceptors (Lipinski definition) is 24. The number of aliphatic hydroxyl groups is 1. The van der Waals surface area contributed by atoms with Crippen LogP contribution in [0.15, 0.2) is 25.3 Å². The molecule has 0 aromatic heterocycles. The van der Waals surface area contributed by atoms with Gasteiger partial charge in [0.15, 0.2) is 54.9 Å². The predicted octanol–water partition coefficient (Wildman–Crippen LogP) is 2.28. The summed E-state index contributed by atoms with van der Waals surface area (Å²) in [5, 5.41) is 38.2. The maximum atomic E-state index is 11.9. The first kappa shape index (κ1) is 83.5. The van der Waals surface area contributed by atoms with E-state index in [0.717, 1.165) is 19.1 Å². The van der Waals surface area contributed by atoms with Crippen molar-refractivity contribution in [1.82, 2.24) is 10.6 Å². The molecule has 2 amide bonds. The number of aliphatic hydroxyl groups excluding tert-OH is 1. The Balaban J connectivity index is -0.000000112. The van der Waals surface area contributed by atoms with E-state index < -0.39 is 120 Å². The molecule has 9 unspecified atom stereocenters. The lowest BCUT2D eigenvalue weighted by molar-refractivity contribution is -0.275. The van der Waals surface area contributed by atoms with Gasteiger partial charge in [0, 0.05) is 18.7 Å². The highest BCUT2D eigenvalue weighted by Crippen LogP contribution is 2.06. The van der Waals surface area contributed by atoms with Gasteiger partial charge in [-0.15, -0.1) is 0 Å². The fourth-order valence-corrected chi connectivity index (χ4v) is 3.13. The van der Waals surface area contributed by atoms with Crippen molar-refractivity contribution in [2.24, 2.45) is 0 Å². The van der Waals surface area contributed by atoms with Gasteiger partial charge in [0.25, 0.3) is 11.8 Å². The maximum Gasteiger partial charge on any atom is 0.348 e. The van der Waals surface area contributed by atoms with Crippen LogP contribution < -0.4 is 10.6 Å². The molecular formula is C43H80N2O25. The summed E-state index contributed by atoms with van der Waals surface area (Å²) < 4.78 is 37.5. The van der Waals surface area contributed by atoms with Gasteiger partial charge < -0.3 is 58.7 Å². The number of nitrogens with one attached hydrogen (secondary N) is 2. The van der Waals surface area contributed by atoms with E-state index in [1.807, 2.05) is 0 Å². The summed E-state index contributed by atoms with van der Waals surface area (Å²) in [4.78, 5) is 131. The second-order valence-corrected chi connectivity index (χ2v) is 12.3. The van der Waals surface area contributed by atoms with E-state index in [-0.39, 0.29) is 70.9 Å². The summed E-state index contributed by atoms with van der Waals surface area (Å²) in [6, 6.07) is 0. The van der Waals surface area contributed by atoms with Crippen molar-refractivity contribution in [3.8, 4) is 0 Å². The van der Waals surface area contributed by atoms with Crippen molar-refractivity contribution < 1.29 is 121 Å². The Morgan fingerprint density at radius 3 is 0.986 bits per heavy atom. The van der Waals surface area contributed by atoms with Crippen molar-refractivity contribution in [1.29, 1.82) is 0 Å². The highest BCUT2D eigenvalue weighted by molar-refractivity contribution is 5.88. The number of esters is 8. The van der Waals surface area contributed by atoms with Crippen molar-refractivity contribution in [2.45, 2.75) is 162 Å². The third-order valence-corrected chi connectivity index (χ3v) is 6.83. The molecule has 27 nitrogen and oxygen atoms in total. The first-order chi connectivity index (χ1) is 29.7. The van der Waals surface area contributed by atoms with Crippen LogP contribution in [0.2, 0.25) is 0 Å². The second kappa shape index (κ2) is 46.2. The van der Waals surface area contributed by atoms with Crippen LogP contribution in [-0.2, 0) is 100 Å². The Hall–Kier alpha value is -6.55. The topological polar surface area (TPSA) is 385 Å². The van der Waals surface area contributed by atoms with Crippen LogP contribution in [0.3, 0.4) is 0 Å². The number of carbonyl (C=O) groups excluding carboxylic acids is 10. The Morgan fingerprint density at radius 1 is 0.429 bits per heavy atom. The number of hydrogen-bond donors (Lipinski definition) is 6. The molecule has 0 aromatic rings. The molecule has 0 aliphatic heterocycles. The summed E-state index contributed by atoms with van der Waals surface area (Å²) in [5.74, 6) is -9.76. The average molecular weight is 1030 g/mol. The standard InChI is InChI=1S/C17H23NO9.C11H19NO8.C9H14O8.6CH4/c1-6-13(19)24-9-8-18-15(21)10(3)26-17(23)12(5)27-16(22)11(4)25-14(20)7-2;1-6(9(14)12-4-5-13)18-10(15)7(2)19-11(16)8(3)20-17;1-4(7(10)11)15-8(12)5(2)16-9(13)6(3)17-14;;;;;;/h6-7,10-12H,1-2,8-9H2,3-5H3,(H,18,21);6-8,13,17H,4-5H2,1-3H3,(H,12,14);4-6,14H,1-3H3,(H,10,11);6*1H4. The zero-order chi connectivity index (χ0) is 50.3.